The van der Waals surface area contributed by atoms with Gasteiger partial charge in [0.05, 0.1) is 26.4 Å². The van der Waals surface area contributed by atoms with Crippen LogP contribution in [0.3, 0.4) is 0 Å². The summed E-state index contributed by atoms with van der Waals surface area (Å²) in [6, 6.07) is 7.17. The van der Waals surface area contributed by atoms with Gasteiger partial charge in [-0.05, 0) is 24.5 Å². The molecule has 1 rings (SSSR count). The molecule has 29 heavy (non-hydrogen) atoms. The second kappa shape index (κ2) is 16.7. The molecule has 0 aromatic heterocycles. The van der Waals surface area contributed by atoms with E-state index in [1.807, 2.05) is 19.1 Å². The third-order valence-electron chi connectivity index (χ3n) is 3.51. The lowest BCUT2D eigenvalue weighted by Gasteiger charge is -2.11. The number of rotatable bonds is 13. The van der Waals surface area contributed by atoms with Crippen LogP contribution in [0, 0.1) is 0 Å². The summed E-state index contributed by atoms with van der Waals surface area (Å²) >= 11 is 0. The highest BCUT2D eigenvalue weighted by molar-refractivity contribution is 14.0. The van der Waals surface area contributed by atoms with Gasteiger partial charge < -0.3 is 24.8 Å². The molecule has 0 amide bonds. The molecule has 1 aromatic rings. The van der Waals surface area contributed by atoms with E-state index in [2.05, 4.69) is 20.4 Å². The van der Waals surface area contributed by atoms with Gasteiger partial charge in [-0.3, -0.25) is 0 Å². The molecule has 2 N–H and O–H groups in total. The van der Waals surface area contributed by atoms with Crippen LogP contribution < -0.4 is 10.6 Å². The largest absolute Gasteiger partial charge is 0.411 e. The summed E-state index contributed by atoms with van der Waals surface area (Å²) in [5.74, 6) is 0.706. The molecular formula is C19H31F3IN3O3. The Bertz CT molecular complexity index is 558. The lowest BCUT2D eigenvalue weighted by atomic mass is 10.1. The fourth-order valence-electron chi connectivity index (χ4n) is 2.16. The van der Waals surface area contributed by atoms with E-state index < -0.39 is 12.8 Å². The highest BCUT2D eigenvalue weighted by atomic mass is 127. The van der Waals surface area contributed by atoms with Gasteiger partial charge in [0.25, 0.3) is 0 Å². The first-order valence-electron chi connectivity index (χ1n) is 9.25. The van der Waals surface area contributed by atoms with Gasteiger partial charge in [0, 0.05) is 26.8 Å². The van der Waals surface area contributed by atoms with Crippen LogP contribution in [0.25, 0.3) is 0 Å². The predicted molar refractivity (Wildman–Crippen MR) is 118 cm³/mol. The van der Waals surface area contributed by atoms with Crippen molar-refractivity contribution in [2.75, 3.05) is 46.6 Å². The minimum Gasteiger partial charge on any atom is -0.382 e. The summed E-state index contributed by atoms with van der Waals surface area (Å²) in [4.78, 5) is 4.51. The Balaban J connectivity index is 0.00000784. The number of aliphatic imine (C=N–C) groups is 1. The summed E-state index contributed by atoms with van der Waals surface area (Å²) in [7, 11) is 1.64. The van der Waals surface area contributed by atoms with Gasteiger partial charge in [-0.2, -0.15) is 13.2 Å². The molecule has 0 aliphatic heterocycles. The standard InChI is InChI=1S/C19H30F3N3O3.HI/c1-3-23-18(24-9-4-10-27-12-11-26-2)25-13-16-5-7-17(8-6-16)14-28-15-19(20,21)22;/h5-8H,3-4,9-15H2,1-2H3,(H2,23,24,25);1H. The summed E-state index contributed by atoms with van der Waals surface area (Å²) < 4.78 is 51.2. The van der Waals surface area contributed by atoms with E-state index in [1.54, 1.807) is 19.2 Å². The third kappa shape index (κ3) is 15.4. The predicted octanol–water partition coefficient (Wildman–Crippen LogP) is 3.49. The number of hydrogen-bond donors (Lipinski definition) is 2. The minimum atomic E-state index is -4.31. The molecule has 0 aliphatic rings. The second-order valence-electron chi connectivity index (χ2n) is 6.01. The molecule has 0 saturated carbocycles. The zero-order valence-electron chi connectivity index (χ0n) is 16.9. The van der Waals surface area contributed by atoms with Crippen molar-refractivity contribution >= 4 is 29.9 Å². The zero-order chi connectivity index (χ0) is 20.7. The van der Waals surface area contributed by atoms with Crippen LogP contribution in [0.15, 0.2) is 29.3 Å². The third-order valence-corrected chi connectivity index (χ3v) is 3.51. The molecule has 0 saturated heterocycles. The number of halogens is 4. The average molecular weight is 533 g/mol. The first-order chi connectivity index (χ1) is 13.4. The van der Waals surface area contributed by atoms with Gasteiger partial charge in [-0.25, -0.2) is 4.99 Å². The van der Waals surface area contributed by atoms with Crippen LogP contribution in [0.4, 0.5) is 13.2 Å². The Morgan fingerprint density at radius 3 is 2.31 bits per heavy atom. The van der Waals surface area contributed by atoms with Gasteiger partial charge in [-0.15, -0.1) is 24.0 Å². The number of benzene rings is 1. The Kier molecular flexibility index (Phi) is 16.0. The highest BCUT2D eigenvalue weighted by Crippen LogP contribution is 2.16. The van der Waals surface area contributed by atoms with E-state index in [1.165, 1.54) is 0 Å². The molecule has 0 aliphatic carbocycles. The van der Waals surface area contributed by atoms with Gasteiger partial charge in [-0.1, -0.05) is 24.3 Å². The molecule has 0 fully saturated rings. The van der Waals surface area contributed by atoms with E-state index in [0.717, 1.165) is 25.1 Å². The maximum Gasteiger partial charge on any atom is 0.411 e. The van der Waals surface area contributed by atoms with Crippen molar-refractivity contribution in [3.05, 3.63) is 35.4 Å². The van der Waals surface area contributed by atoms with Crippen molar-refractivity contribution < 1.29 is 27.4 Å². The van der Waals surface area contributed by atoms with Crippen molar-refractivity contribution in [1.29, 1.82) is 0 Å². The van der Waals surface area contributed by atoms with E-state index in [9.17, 15) is 13.2 Å². The number of nitrogens with zero attached hydrogens (tertiary/aromatic N) is 1. The van der Waals surface area contributed by atoms with Gasteiger partial charge >= 0.3 is 6.18 Å². The fourth-order valence-corrected chi connectivity index (χ4v) is 2.16. The first-order valence-corrected chi connectivity index (χ1v) is 9.25. The lowest BCUT2D eigenvalue weighted by Crippen LogP contribution is -2.38. The maximum atomic E-state index is 12.1. The van der Waals surface area contributed by atoms with Crippen LogP contribution in [0.2, 0.25) is 0 Å². The van der Waals surface area contributed by atoms with Gasteiger partial charge in [0.1, 0.15) is 6.61 Å². The SMILES string of the molecule is CCNC(=NCc1ccc(COCC(F)(F)F)cc1)NCCCOCCOC.I. The van der Waals surface area contributed by atoms with Crippen LogP contribution in [0.1, 0.15) is 24.5 Å². The average Bonchev–Trinajstić information content (AvgIpc) is 2.65. The smallest absolute Gasteiger partial charge is 0.382 e. The lowest BCUT2D eigenvalue weighted by molar-refractivity contribution is -0.176. The topological polar surface area (TPSA) is 64.1 Å². The van der Waals surface area contributed by atoms with Crippen molar-refractivity contribution in [2.45, 2.75) is 32.7 Å². The monoisotopic (exact) mass is 533 g/mol. The van der Waals surface area contributed by atoms with E-state index in [-0.39, 0.29) is 30.6 Å². The van der Waals surface area contributed by atoms with Crippen LogP contribution in [-0.2, 0) is 27.4 Å². The number of ether oxygens (including phenoxy) is 3. The van der Waals surface area contributed by atoms with Crippen LogP contribution >= 0.6 is 24.0 Å². The minimum absolute atomic E-state index is 0. The number of nitrogens with one attached hydrogen (secondary N) is 2. The molecule has 6 nitrogen and oxygen atoms in total. The van der Waals surface area contributed by atoms with Crippen molar-refractivity contribution in [3.63, 3.8) is 0 Å². The highest BCUT2D eigenvalue weighted by Gasteiger charge is 2.27. The molecule has 0 unspecified atom stereocenters. The van der Waals surface area contributed by atoms with E-state index in [0.29, 0.717) is 37.9 Å². The Labute approximate surface area is 187 Å². The quantitative estimate of drug-likeness (QED) is 0.176. The molecule has 0 spiro atoms. The van der Waals surface area contributed by atoms with Crippen molar-refractivity contribution in [2.24, 2.45) is 4.99 Å². The van der Waals surface area contributed by atoms with Crippen LogP contribution in [0.5, 0.6) is 0 Å². The van der Waals surface area contributed by atoms with Crippen molar-refractivity contribution in [1.82, 2.24) is 10.6 Å². The second-order valence-corrected chi connectivity index (χ2v) is 6.01. The van der Waals surface area contributed by atoms with Crippen molar-refractivity contribution in [3.8, 4) is 0 Å². The summed E-state index contributed by atoms with van der Waals surface area (Å²) in [6.45, 7) is 4.43. The number of methoxy groups -OCH3 is 1. The summed E-state index contributed by atoms with van der Waals surface area (Å²) in [5, 5.41) is 6.41. The molecule has 0 atom stereocenters. The van der Waals surface area contributed by atoms with Crippen LogP contribution in [-0.4, -0.2) is 58.8 Å². The fraction of sp³-hybridized carbons (Fsp3) is 0.632. The summed E-state index contributed by atoms with van der Waals surface area (Å²) in [5.41, 5.74) is 1.65. The van der Waals surface area contributed by atoms with E-state index in [4.69, 9.17) is 9.47 Å². The first kappa shape index (κ1) is 27.9. The molecule has 1 aromatic carbocycles. The van der Waals surface area contributed by atoms with E-state index >= 15 is 0 Å². The zero-order valence-corrected chi connectivity index (χ0v) is 19.2. The molecule has 0 radical (unpaired) electrons. The molecule has 10 heteroatoms. The van der Waals surface area contributed by atoms with Gasteiger partial charge in [0.2, 0.25) is 0 Å². The molecular weight excluding hydrogens is 502 g/mol. The Hall–Kier alpha value is -1.11. The Morgan fingerprint density at radius 1 is 1.00 bits per heavy atom. The molecule has 0 heterocycles. The molecule has 0 bridgehead atoms. The Morgan fingerprint density at radius 2 is 1.69 bits per heavy atom. The molecule has 168 valence electrons. The maximum absolute atomic E-state index is 12.1. The number of hydrogen-bond acceptors (Lipinski definition) is 4. The van der Waals surface area contributed by atoms with Gasteiger partial charge in [0.15, 0.2) is 5.96 Å². The number of alkyl halides is 3. The summed E-state index contributed by atoms with van der Waals surface area (Å²) in [6.07, 6.45) is -3.46. The number of guanidine groups is 1. The normalized spacial score (nSPS) is 11.8.